The summed E-state index contributed by atoms with van der Waals surface area (Å²) in [6.45, 7) is 3.10. The van der Waals surface area contributed by atoms with Gasteiger partial charge in [0.15, 0.2) is 0 Å². The molecule has 0 aliphatic heterocycles. The highest BCUT2D eigenvalue weighted by atomic mass is 32.2. The number of imidazole rings is 1. The molecule has 0 spiro atoms. The van der Waals surface area contributed by atoms with E-state index in [0.717, 1.165) is 49.0 Å². The molecule has 0 fully saturated rings. The number of aryl methyl sites for hydroxylation is 1. The molecular formula is C18H25N3O3S. The number of ether oxygens (including phenoxy) is 1. The van der Waals surface area contributed by atoms with Crippen LogP contribution in [0.5, 0.6) is 5.75 Å². The molecular weight excluding hydrogens is 338 g/mol. The Hall–Kier alpha value is -2.02. The highest BCUT2D eigenvalue weighted by molar-refractivity contribution is 7.92. The van der Waals surface area contributed by atoms with Crippen LogP contribution in [0.4, 0.5) is 5.69 Å². The van der Waals surface area contributed by atoms with Crippen molar-refractivity contribution in [2.24, 2.45) is 0 Å². The number of hydrogen-bond donors (Lipinski definition) is 1. The van der Waals surface area contributed by atoms with Gasteiger partial charge in [-0.2, -0.15) is 0 Å². The van der Waals surface area contributed by atoms with Crippen LogP contribution in [0.25, 0.3) is 0 Å². The van der Waals surface area contributed by atoms with Gasteiger partial charge in [0.05, 0.1) is 31.1 Å². The first-order chi connectivity index (χ1) is 11.9. The maximum Gasteiger partial charge on any atom is 0.229 e. The van der Waals surface area contributed by atoms with Crippen LogP contribution in [0.1, 0.15) is 48.9 Å². The number of anilines is 1. The second-order valence-corrected chi connectivity index (χ2v) is 8.31. The molecule has 0 saturated carbocycles. The minimum Gasteiger partial charge on any atom is -0.495 e. The van der Waals surface area contributed by atoms with Crippen LogP contribution in [0.3, 0.4) is 0 Å². The molecule has 136 valence electrons. The summed E-state index contributed by atoms with van der Waals surface area (Å²) in [5.41, 5.74) is 3.77. The number of rotatable bonds is 6. The number of methoxy groups -OCH3 is 1. The third-order valence-corrected chi connectivity index (χ3v) is 5.18. The number of nitrogens with one attached hydrogen (secondary N) is 1. The Balaban J connectivity index is 2.05. The predicted octanol–water partition coefficient (Wildman–Crippen LogP) is 3.14. The molecule has 25 heavy (non-hydrogen) atoms. The summed E-state index contributed by atoms with van der Waals surface area (Å²) < 4.78 is 33.7. The number of sulfonamides is 1. The van der Waals surface area contributed by atoms with E-state index in [1.54, 1.807) is 7.11 Å². The largest absolute Gasteiger partial charge is 0.495 e. The Morgan fingerprint density at radius 3 is 2.88 bits per heavy atom. The van der Waals surface area contributed by atoms with Crippen LogP contribution >= 0.6 is 0 Å². The van der Waals surface area contributed by atoms with E-state index < -0.39 is 10.0 Å². The third-order valence-electron chi connectivity index (χ3n) is 4.61. The zero-order valence-electron chi connectivity index (χ0n) is 14.9. The molecule has 1 aromatic heterocycles. The molecule has 6 nitrogen and oxygen atoms in total. The predicted molar refractivity (Wildman–Crippen MR) is 98.8 cm³/mol. The quantitative estimate of drug-likeness (QED) is 0.856. The minimum atomic E-state index is -3.38. The fraction of sp³-hybridized carbons (Fsp3) is 0.500. The summed E-state index contributed by atoms with van der Waals surface area (Å²) in [6, 6.07) is 3.89. The Kier molecular flexibility index (Phi) is 5.03. The van der Waals surface area contributed by atoms with Crippen molar-refractivity contribution in [2.45, 2.75) is 45.1 Å². The second kappa shape index (κ2) is 7.07. The maximum atomic E-state index is 11.8. The van der Waals surface area contributed by atoms with Gasteiger partial charge in [-0.25, -0.2) is 13.4 Å². The van der Waals surface area contributed by atoms with E-state index in [1.165, 1.54) is 6.26 Å². The summed E-state index contributed by atoms with van der Waals surface area (Å²) in [5.74, 6) is 0.745. The van der Waals surface area contributed by atoms with Crippen molar-refractivity contribution >= 4 is 15.7 Å². The van der Waals surface area contributed by atoms with Crippen LogP contribution in [-0.2, 0) is 23.0 Å². The van der Waals surface area contributed by atoms with Gasteiger partial charge in [0.2, 0.25) is 10.0 Å². The Labute approximate surface area is 149 Å². The molecule has 1 aliphatic rings. The lowest BCUT2D eigenvalue weighted by molar-refractivity contribution is 0.415. The molecule has 3 rings (SSSR count). The summed E-state index contributed by atoms with van der Waals surface area (Å²) in [7, 11) is -1.82. The number of hydrogen-bond acceptors (Lipinski definition) is 4. The fourth-order valence-corrected chi connectivity index (χ4v) is 4.18. The smallest absolute Gasteiger partial charge is 0.229 e. The van der Waals surface area contributed by atoms with Crippen LogP contribution in [0.15, 0.2) is 24.7 Å². The molecule has 0 bridgehead atoms. The Morgan fingerprint density at radius 1 is 1.40 bits per heavy atom. The van der Waals surface area contributed by atoms with Crippen LogP contribution < -0.4 is 9.46 Å². The van der Waals surface area contributed by atoms with Gasteiger partial charge < -0.3 is 9.30 Å². The second-order valence-electron chi connectivity index (χ2n) is 6.57. The molecule has 7 heteroatoms. The summed E-state index contributed by atoms with van der Waals surface area (Å²) in [5, 5.41) is 0. The summed E-state index contributed by atoms with van der Waals surface area (Å²) >= 11 is 0. The number of fused-ring (bicyclic) bond motifs is 1. The molecule has 0 saturated heterocycles. The van der Waals surface area contributed by atoms with E-state index in [9.17, 15) is 8.42 Å². The van der Waals surface area contributed by atoms with E-state index in [1.807, 2.05) is 18.5 Å². The van der Waals surface area contributed by atoms with E-state index in [2.05, 4.69) is 27.4 Å². The van der Waals surface area contributed by atoms with Crippen LogP contribution in [0, 0.1) is 0 Å². The van der Waals surface area contributed by atoms with Crippen LogP contribution in [-0.4, -0.2) is 31.3 Å². The van der Waals surface area contributed by atoms with Crippen molar-refractivity contribution in [1.29, 1.82) is 0 Å². The molecule has 1 aromatic carbocycles. The highest BCUT2D eigenvalue weighted by Gasteiger charge is 2.28. The van der Waals surface area contributed by atoms with E-state index >= 15 is 0 Å². The Bertz CT molecular complexity index is 858. The average molecular weight is 363 g/mol. The van der Waals surface area contributed by atoms with Gasteiger partial charge in [-0.05, 0) is 42.9 Å². The molecule has 1 atom stereocenters. The lowest BCUT2D eigenvalue weighted by Crippen LogP contribution is -2.17. The van der Waals surface area contributed by atoms with Crippen LogP contribution in [0.2, 0.25) is 0 Å². The van der Waals surface area contributed by atoms with Gasteiger partial charge in [-0.1, -0.05) is 13.0 Å². The van der Waals surface area contributed by atoms with Gasteiger partial charge in [0, 0.05) is 18.7 Å². The van der Waals surface area contributed by atoms with E-state index in [-0.39, 0.29) is 5.92 Å². The Morgan fingerprint density at radius 2 is 2.20 bits per heavy atom. The average Bonchev–Trinajstić information content (AvgIpc) is 3.02. The molecule has 0 radical (unpaired) electrons. The lowest BCUT2D eigenvalue weighted by Gasteiger charge is -2.27. The normalized spacial score (nSPS) is 17.2. The zero-order valence-corrected chi connectivity index (χ0v) is 15.8. The fourth-order valence-electron chi connectivity index (χ4n) is 3.59. The highest BCUT2D eigenvalue weighted by Crippen LogP contribution is 2.42. The van der Waals surface area contributed by atoms with E-state index in [4.69, 9.17) is 4.74 Å². The van der Waals surface area contributed by atoms with Crippen molar-refractivity contribution < 1.29 is 13.2 Å². The van der Waals surface area contributed by atoms with Gasteiger partial charge in [0.1, 0.15) is 5.75 Å². The monoisotopic (exact) mass is 363 g/mol. The van der Waals surface area contributed by atoms with Crippen molar-refractivity contribution in [3.05, 3.63) is 41.5 Å². The molecule has 0 amide bonds. The first-order valence-electron chi connectivity index (χ1n) is 8.62. The van der Waals surface area contributed by atoms with Gasteiger partial charge in [-0.15, -0.1) is 0 Å². The third kappa shape index (κ3) is 3.81. The van der Waals surface area contributed by atoms with Crippen molar-refractivity contribution in [3.63, 3.8) is 0 Å². The first kappa shape index (κ1) is 17.8. The molecule has 1 N–H and O–H groups in total. The number of benzene rings is 1. The number of aromatic nitrogens is 2. The van der Waals surface area contributed by atoms with Crippen molar-refractivity contribution in [1.82, 2.24) is 9.55 Å². The van der Waals surface area contributed by atoms with Crippen molar-refractivity contribution in [3.8, 4) is 5.75 Å². The zero-order chi connectivity index (χ0) is 18.0. The van der Waals surface area contributed by atoms with Gasteiger partial charge >= 0.3 is 0 Å². The van der Waals surface area contributed by atoms with E-state index in [0.29, 0.717) is 11.4 Å². The number of nitrogens with zero attached hydrogens (tertiary/aromatic N) is 2. The molecule has 1 heterocycles. The standard InChI is InChI=1S/C18H25N3O3S/c1-4-10-21-11-16(19-12-21)14-6-5-7-15-13(14)8-9-17(24-2)18(15)20-25(3,22)23/h8-9,11-12,14,20H,4-7,10H2,1-3H3. The maximum absolute atomic E-state index is 11.8. The first-order valence-corrected chi connectivity index (χ1v) is 10.5. The molecule has 2 aromatic rings. The lowest BCUT2D eigenvalue weighted by atomic mass is 9.80. The van der Waals surface area contributed by atoms with Gasteiger partial charge in [0.25, 0.3) is 0 Å². The molecule has 1 aliphatic carbocycles. The van der Waals surface area contributed by atoms with Crippen molar-refractivity contribution in [2.75, 3.05) is 18.1 Å². The minimum absolute atomic E-state index is 0.188. The SMILES string of the molecule is CCCn1cnc(C2CCCc3c2ccc(OC)c3NS(C)(=O)=O)c1. The summed E-state index contributed by atoms with van der Waals surface area (Å²) in [6.07, 6.45) is 9.06. The topological polar surface area (TPSA) is 73.2 Å². The molecule has 1 unspecified atom stereocenters. The summed E-state index contributed by atoms with van der Waals surface area (Å²) in [4.78, 5) is 4.60. The van der Waals surface area contributed by atoms with Gasteiger partial charge in [-0.3, -0.25) is 4.72 Å².